The first kappa shape index (κ1) is 21.7. The van der Waals surface area contributed by atoms with Crippen LogP contribution in [0.5, 0.6) is 0 Å². The number of benzene rings is 2. The van der Waals surface area contributed by atoms with Gasteiger partial charge in [-0.25, -0.2) is 0 Å². The number of hydrogen-bond acceptors (Lipinski definition) is 5. The van der Waals surface area contributed by atoms with Gasteiger partial charge in [-0.05, 0) is 42.3 Å². The van der Waals surface area contributed by atoms with Crippen molar-refractivity contribution in [3.05, 3.63) is 82.0 Å². The zero-order valence-corrected chi connectivity index (χ0v) is 18.1. The van der Waals surface area contributed by atoms with Crippen LogP contribution in [0, 0.1) is 0 Å². The van der Waals surface area contributed by atoms with Crippen LogP contribution in [0.15, 0.2) is 66.7 Å². The van der Waals surface area contributed by atoms with Crippen LogP contribution in [0.2, 0.25) is 0 Å². The van der Waals surface area contributed by atoms with Crippen molar-refractivity contribution < 1.29 is 19.5 Å². The fourth-order valence-corrected chi connectivity index (χ4v) is 4.51. The van der Waals surface area contributed by atoms with Crippen molar-refractivity contribution in [1.29, 1.82) is 0 Å². The molecule has 2 heterocycles. The fourth-order valence-electron chi connectivity index (χ4n) is 3.54. The number of carbonyl (C=O) groups is 3. The van der Waals surface area contributed by atoms with Crippen molar-refractivity contribution >= 4 is 40.4 Å². The second-order valence-electron chi connectivity index (χ2n) is 7.45. The van der Waals surface area contributed by atoms with Gasteiger partial charge in [0.25, 0.3) is 0 Å². The lowest BCUT2D eigenvalue weighted by Gasteiger charge is -2.16. The molecule has 1 aliphatic heterocycles. The quantitative estimate of drug-likeness (QED) is 0.503. The van der Waals surface area contributed by atoms with Crippen LogP contribution in [0.4, 0.5) is 11.4 Å². The lowest BCUT2D eigenvalue weighted by atomic mass is 10.1. The Morgan fingerprint density at radius 3 is 2.59 bits per heavy atom. The third-order valence-corrected chi connectivity index (χ3v) is 6.32. The first-order valence-electron chi connectivity index (χ1n) is 10.3. The van der Waals surface area contributed by atoms with Crippen LogP contribution in [-0.2, 0) is 20.9 Å². The van der Waals surface area contributed by atoms with Gasteiger partial charge in [-0.1, -0.05) is 36.4 Å². The molecule has 0 spiro atoms. The lowest BCUT2D eigenvalue weighted by Crippen LogP contribution is -2.34. The molecule has 3 N–H and O–H groups in total. The maximum atomic E-state index is 12.3. The standard InChI is InChI=1S/C24H23N3O4S/c28-21-10-5-13-27(21)18-9-4-8-17(14-18)26-24(31)23(30)25-15-19-11-12-20(32-19)22(29)16-6-2-1-3-7-16/h1-4,6-9,11-12,14,22,29H,5,10,13,15H2,(H,25,30)(H,26,31). The molecule has 1 aliphatic rings. The number of anilines is 2. The molecule has 0 bridgehead atoms. The third kappa shape index (κ3) is 5.04. The highest BCUT2D eigenvalue weighted by Crippen LogP contribution is 2.28. The zero-order chi connectivity index (χ0) is 22.5. The predicted molar refractivity (Wildman–Crippen MR) is 123 cm³/mol. The molecule has 0 aliphatic carbocycles. The largest absolute Gasteiger partial charge is 0.383 e. The Hall–Kier alpha value is -3.49. The maximum absolute atomic E-state index is 12.3. The molecular formula is C24H23N3O4S. The van der Waals surface area contributed by atoms with Crippen molar-refractivity contribution in [2.75, 3.05) is 16.8 Å². The van der Waals surface area contributed by atoms with Gasteiger partial charge in [0.1, 0.15) is 6.10 Å². The summed E-state index contributed by atoms with van der Waals surface area (Å²) in [5, 5.41) is 15.7. The van der Waals surface area contributed by atoms with E-state index in [0.29, 0.717) is 24.3 Å². The Morgan fingerprint density at radius 1 is 1.03 bits per heavy atom. The summed E-state index contributed by atoms with van der Waals surface area (Å²) in [4.78, 5) is 39.7. The number of aliphatic hydroxyl groups excluding tert-OH is 1. The minimum Gasteiger partial charge on any atom is -0.383 e. The van der Waals surface area contributed by atoms with Crippen LogP contribution < -0.4 is 15.5 Å². The molecule has 3 aromatic rings. The fraction of sp³-hybridized carbons (Fsp3) is 0.208. The van der Waals surface area contributed by atoms with E-state index in [4.69, 9.17) is 0 Å². The molecule has 8 heteroatoms. The van der Waals surface area contributed by atoms with E-state index in [2.05, 4.69) is 10.6 Å². The highest BCUT2D eigenvalue weighted by atomic mass is 32.1. The van der Waals surface area contributed by atoms with Gasteiger partial charge in [0.2, 0.25) is 5.91 Å². The molecular weight excluding hydrogens is 426 g/mol. The van der Waals surface area contributed by atoms with Crippen LogP contribution in [-0.4, -0.2) is 29.4 Å². The molecule has 1 atom stereocenters. The van der Waals surface area contributed by atoms with Crippen LogP contribution in [0.1, 0.15) is 34.3 Å². The molecule has 1 fully saturated rings. The molecule has 1 unspecified atom stereocenters. The van der Waals surface area contributed by atoms with E-state index in [0.717, 1.165) is 21.7 Å². The Kier molecular flexibility index (Phi) is 6.63. The molecule has 2 aromatic carbocycles. The summed E-state index contributed by atoms with van der Waals surface area (Å²) in [6.45, 7) is 0.833. The maximum Gasteiger partial charge on any atom is 0.313 e. The highest BCUT2D eigenvalue weighted by molar-refractivity contribution is 7.12. The van der Waals surface area contributed by atoms with Gasteiger partial charge >= 0.3 is 11.8 Å². The number of thiophene rings is 1. The summed E-state index contributed by atoms with van der Waals surface area (Å²) in [6, 6.07) is 19.9. The Labute approximate surface area is 189 Å². The number of hydrogen-bond donors (Lipinski definition) is 3. The van der Waals surface area contributed by atoms with Crippen LogP contribution in [0.3, 0.4) is 0 Å². The number of carbonyl (C=O) groups excluding carboxylic acids is 3. The van der Waals surface area contributed by atoms with Gasteiger partial charge in [-0.2, -0.15) is 0 Å². The number of amides is 3. The summed E-state index contributed by atoms with van der Waals surface area (Å²) in [5.41, 5.74) is 1.95. The Balaban J connectivity index is 1.32. The molecule has 1 aromatic heterocycles. The number of rotatable bonds is 6. The third-order valence-electron chi connectivity index (χ3n) is 5.19. The zero-order valence-electron chi connectivity index (χ0n) is 17.3. The predicted octanol–water partition coefficient (Wildman–Crippen LogP) is 3.21. The van der Waals surface area contributed by atoms with Crippen molar-refractivity contribution in [3.8, 4) is 0 Å². The topological polar surface area (TPSA) is 98.7 Å². The lowest BCUT2D eigenvalue weighted by molar-refractivity contribution is -0.136. The summed E-state index contributed by atoms with van der Waals surface area (Å²) in [7, 11) is 0. The minimum atomic E-state index is -0.781. The second kappa shape index (κ2) is 9.76. The second-order valence-corrected chi connectivity index (χ2v) is 8.65. The van der Waals surface area contributed by atoms with Crippen molar-refractivity contribution in [3.63, 3.8) is 0 Å². The molecule has 4 rings (SSSR count). The number of nitrogens with one attached hydrogen (secondary N) is 2. The average molecular weight is 450 g/mol. The van der Waals surface area contributed by atoms with Crippen molar-refractivity contribution in [2.45, 2.75) is 25.5 Å². The van der Waals surface area contributed by atoms with E-state index in [1.165, 1.54) is 11.3 Å². The molecule has 0 radical (unpaired) electrons. The minimum absolute atomic E-state index is 0.0546. The van der Waals surface area contributed by atoms with Gasteiger partial charge < -0.3 is 20.6 Å². The summed E-state index contributed by atoms with van der Waals surface area (Å²) in [6.07, 6.45) is 0.597. The van der Waals surface area contributed by atoms with Gasteiger partial charge in [0.15, 0.2) is 0 Å². The van der Waals surface area contributed by atoms with E-state index in [-0.39, 0.29) is 12.5 Å². The van der Waals surface area contributed by atoms with Crippen molar-refractivity contribution in [2.24, 2.45) is 0 Å². The van der Waals surface area contributed by atoms with E-state index < -0.39 is 17.9 Å². The van der Waals surface area contributed by atoms with Crippen LogP contribution in [0.25, 0.3) is 0 Å². The van der Waals surface area contributed by atoms with E-state index >= 15 is 0 Å². The summed E-state index contributed by atoms with van der Waals surface area (Å²) in [5.74, 6) is -1.49. The monoisotopic (exact) mass is 449 g/mol. The number of aliphatic hydroxyl groups is 1. The number of nitrogens with zero attached hydrogens (tertiary/aromatic N) is 1. The normalized spacial score (nSPS) is 14.3. The van der Waals surface area contributed by atoms with E-state index in [9.17, 15) is 19.5 Å². The SMILES string of the molecule is O=C(NCc1ccc(C(O)c2ccccc2)s1)C(=O)Nc1cccc(N2CCCC2=O)c1. The first-order chi connectivity index (χ1) is 15.5. The molecule has 7 nitrogen and oxygen atoms in total. The first-order valence-corrected chi connectivity index (χ1v) is 11.1. The van der Waals surface area contributed by atoms with Gasteiger partial charge in [0, 0.05) is 34.1 Å². The molecule has 164 valence electrons. The van der Waals surface area contributed by atoms with E-state index in [1.54, 1.807) is 29.2 Å². The molecule has 3 amide bonds. The van der Waals surface area contributed by atoms with Gasteiger partial charge in [0.05, 0.1) is 6.54 Å². The molecule has 0 saturated carbocycles. The van der Waals surface area contributed by atoms with E-state index in [1.807, 2.05) is 42.5 Å². The summed E-state index contributed by atoms with van der Waals surface area (Å²) < 4.78 is 0. The Bertz CT molecular complexity index is 1130. The molecule has 1 saturated heterocycles. The summed E-state index contributed by atoms with van der Waals surface area (Å²) >= 11 is 1.38. The van der Waals surface area contributed by atoms with Gasteiger partial charge in [-0.3, -0.25) is 14.4 Å². The smallest absolute Gasteiger partial charge is 0.313 e. The van der Waals surface area contributed by atoms with Gasteiger partial charge in [-0.15, -0.1) is 11.3 Å². The average Bonchev–Trinajstić information content (AvgIpc) is 3.46. The van der Waals surface area contributed by atoms with Crippen molar-refractivity contribution in [1.82, 2.24) is 5.32 Å². The van der Waals surface area contributed by atoms with Crippen LogP contribution >= 0.6 is 11.3 Å². The molecule has 32 heavy (non-hydrogen) atoms. The highest BCUT2D eigenvalue weighted by Gasteiger charge is 2.22. The Morgan fingerprint density at radius 2 is 1.84 bits per heavy atom.